The molecule has 0 bridgehead atoms. The molecule has 8 nitrogen and oxygen atoms in total. The van der Waals surface area contributed by atoms with Crippen molar-refractivity contribution in [2.75, 3.05) is 18.0 Å². The van der Waals surface area contributed by atoms with Gasteiger partial charge in [-0.15, -0.1) is 0 Å². The number of hydrazone groups is 1. The van der Waals surface area contributed by atoms with Crippen molar-refractivity contribution in [3.63, 3.8) is 0 Å². The number of carboxylic acids is 1. The lowest BCUT2D eigenvalue weighted by Gasteiger charge is -2.33. The van der Waals surface area contributed by atoms with E-state index in [1.165, 1.54) is 17.1 Å². The molecule has 1 amide bonds. The van der Waals surface area contributed by atoms with E-state index in [1.54, 1.807) is 11.1 Å². The SMILES string of the molecule is CC.O=C(O)c1cnc(N2CCC(C(=O)N3N=CCC3c3cc(F)cc(F)c3)CC2)o1. The summed E-state index contributed by atoms with van der Waals surface area (Å²) in [6.07, 6.45) is 4.11. The summed E-state index contributed by atoms with van der Waals surface area (Å²) in [5.41, 5.74) is 0.367. The number of rotatable bonds is 4. The van der Waals surface area contributed by atoms with Crippen molar-refractivity contribution in [3.05, 3.63) is 47.4 Å². The number of nitrogens with zero attached hydrogens (tertiary/aromatic N) is 4. The molecule has 166 valence electrons. The number of hydrogen-bond donors (Lipinski definition) is 1. The zero-order valence-electron chi connectivity index (χ0n) is 17.3. The molecule has 0 radical (unpaired) electrons. The number of carboxylic acid groups (broad SMARTS) is 1. The van der Waals surface area contributed by atoms with Crippen molar-refractivity contribution in [3.8, 4) is 0 Å². The minimum atomic E-state index is -1.19. The third kappa shape index (κ3) is 4.89. The number of halogens is 2. The average molecular weight is 434 g/mol. The van der Waals surface area contributed by atoms with Crippen LogP contribution >= 0.6 is 0 Å². The first-order valence-electron chi connectivity index (χ1n) is 10.2. The molecule has 0 spiro atoms. The summed E-state index contributed by atoms with van der Waals surface area (Å²) >= 11 is 0. The Morgan fingerprint density at radius 3 is 2.35 bits per heavy atom. The van der Waals surface area contributed by atoms with Gasteiger partial charge in [0, 0.05) is 37.7 Å². The van der Waals surface area contributed by atoms with Crippen LogP contribution in [0.3, 0.4) is 0 Å². The molecule has 1 fully saturated rings. The van der Waals surface area contributed by atoms with E-state index in [0.717, 1.165) is 12.3 Å². The lowest BCUT2D eigenvalue weighted by Crippen LogP contribution is -2.41. The van der Waals surface area contributed by atoms with Crippen LogP contribution in [0.2, 0.25) is 0 Å². The molecule has 3 heterocycles. The molecular formula is C21H24F2N4O4. The second kappa shape index (κ2) is 9.67. The standard InChI is InChI=1S/C19H18F2N4O4.C2H6/c20-13-7-12(8-14(21)9-13)15-1-4-23-25(15)17(26)11-2-5-24(6-3-11)19-22-10-16(29-19)18(27)28;1-2/h4,7-11,15H,1-3,5-6H2,(H,27,28);1-2H3. The van der Waals surface area contributed by atoms with E-state index in [2.05, 4.69) is 10.1 Å². The van der Waals surface area contributed by atoms with Gasteiger partial charge in [0.1, 0.15) is 11.6 Å². The fourth-order valence-electron chi connectivity index (χ4n) is 3.69. The maximum absolute atomic E-state index is 13.6. The molecule has 0 saturated carbocycles. The molecule has 2 aliphatic rings. The highest BCUT2D eigenvalue weighted by atomic mass is 19.1. The lowest BCUT2D eigenvalue weighted by molar-refractivity contribution is -0.138. The van der Waals surface area contributed by atoms with Crippen LogP contribution in [0.1, 0.15) is 55.3 Å². The number of piperidine rings is 1. The van der Waals surface area contributed by atoms with Gasteiger partial charge in [-0.2, -0.15) is 5.10 Å². The van der Waals surface area contributed by atoms with Crippen LogP contribution in [0.4, 0.5) is 14.8 Å². The summed E-state index contributed by atoms with van der Waals surface area (Å²) in [5, 5.41) is 14.4. The van der Waals surface area contributed by atoms with Crippen LogP contribution in [0, 0.1) is 17.6 Å². The Morgan fingerprint density at radius 2 is 1.77 bits per heavy atom. The van der Waals surface area contributed by atoms with Gasteiger partial charge in [-0.05, 0) is 30.5 Å². The smallest absolute Gasteiger partial charge is 0.373 e. The number of benzene rings is 1. The van der Waals surface area contributed by atoms with Gasteiger partial charge in [-0.1, -0.05) is 13.8 Å². The van der Waals surface area contributed by atoms with Crippen LogP contribution in [0.25, 0.3) is 0 Å². The predicted octanol–water partition coefficient (Wildman–Crippen LogP) is 3.85. The van der Waals surface area contributed by atoms with E-state index in [9.17, 15) is 18.4 Å². The molecule has 1 aromatic carbocycles. The summed E-state index contributed by atoms with van der Waals surface area (Å²) in [6.45, 7) is 4.93. The maximum atomic E-state index is 13.6. The maximum Gasteiger partial charge on any atom is 0.373 e. The topological polar surface area (TPSA) is 99.2 Å². The number of aromatic carboxylic acids is 1. The van der Waals surface area contributed by atoms with Crippen molar-refractivity contribution >= 4 is 24.1 Å². The Bertz CT molecular complexity index is 950. The minimum absolute atomic E-state index is 0.202. The zero-order valence-corrected chi connectivity index (χ0v) is 17.3. The van der Waals surface area contributed by atoms with E-state index in [4.69, 9.17) is 9.52 Å². The van der Waals surface area contributed by atoms with Gasteiger partial charge in [0.05, 0.1) is 12.2 Å². The Balaban J connectivity index is 0.00000132. The fraction of sp³-hybridized carbons (Fsp3) is 0.429. The highest BCUT2D eigenvalue weighted by molar-refractivity contribution is 5.84. The second-order valence-electron chi connectivity index (χ2n) is 7.01. The van der Waals surface area contributed by atoms with E-state index in [-0.39, 0.29) is 23.6 Å². The number of anilines is 1. The van der Waals surface area contributed by atoms with Gasteiger partial charge in [0.25, 0.3) is 6.01 Å². The van der Waals surface area contributed by atoms with Crippen molar-refractivity contribution in [1.82, 2.24) is 9.99 Å². The van der Waals surface area contributed by atoms with Crippen LogP contribution in [-0.4, -0.2) is 46.3 Å². The van der Waals surface area contributed by atoms with Gasteiger partial charge < -0.3 is 14.4 Å². The van der Waals surface area contributed by atoms with E-state index in [0.29, 0.717) is 37.9 Å². The van der Waals surface area contributed by atoms with Crippen molar-refractivity contribution in [2.24, 2.45) is 11.0 Å². The lowest BCUT2D eigenvalue weighted by atomic mass is 9.94. The molecule has 1 atom stereocenters. The summed E-state index contributed by atoms with van der Waals surface area (Å²) in [4.78, 5) is 29.6. The molecule has 1 N–H and O–H groups in total. The highest BCUT2D eigenvalue weighted by Gasteiger charge is 2.35. The normalized spacial score (nSPS) is 18.6. The van der Waals surface area contributed by atoms with E-state index < -0.39 is 23.6 Å². The fourth-order valence-corrected chi connectivity index (χ4v) is 3.69. The molecule has 2 aliphatic heterocycles. The number of aromatic nitrogens is 1. The molecule has 1 saturated heterocycles. The van der Waals surface area contributed by atoms with Crippen LogP contribution < -0.4 is 4.90 Å². The largest absolute Gasteiger partial charge is 0.475 e. The zero-order chi connectivity index (χ0) is 22.5. The Labute approximate surface area is 178 Å². The quantitative estimate of drug-likeness (QED) is 0.785. The molecule has 10 heteroatoms. The monoisotopic (exact) mass is 434 g/mol. The summed E-state index contributed by atoms with van der Waals surface area (Å²) in [5.74, 6) is -3.34. The number of carbonyl (C=O) groups is 2. The average Bonchev–Trinajstić information content (AvgIpc) is 3.44. The summed E-state index contributed by atoms with van der Waals surface area (Å²) < 4.78 is 32.4. The van der Waals surface area contributed by atoms with Gasteiger partial charge in [-0.25, -0.2) is 23.6 Å². The molecule has 0 aliphatic carbocycles. The first-order chi connectivity index (χ1) is 14.9. The van der Waals surface area contributed by atoms with Crippen LogP contribution in [0.15, 0.2) is 33.9 Å². The van der Waals surface area contributed by atoms with Crippen molar-refractivity contribution in [1.29, 1.82) is 0 Å². The Hall–Kier alpha value is -3.30. The first-order valence-corrected chi connectivity index (χ1v) is 10.2. The third-order valence-electron chi connectivity index (χ3n) is 5.14. The first kappa shape index (κ1) is 22.4. The molecule has 4 rings (SSSR count). The summed E-state index contributed by atoms with van der Waals surface area (Å²) in [7, 11) is 0. The molecule has 31 heavy (non-hydrogen) atoms. The second-order valence-corrected chi connectivity index (χ2v) is 7.01. The van der Waals surface area contributed by atoms with Gasteiger partial charge in [0.2, 0.25) is 11.7 Å². The number of carbonyl (C=O) groups excluding carboxylic acids is 1. The third-order valence-corrected chi connectivity index (χ3v) is 5.14. The molecule has 1 unspecified atom stereocenters. The minimum Gasteiger partial charge on any atom is -0.475 e. The number of hydrogen-bond acceptors (Lipinski definition) is 6. The van der Waals surface area contributed by atoms with Crippen molar-refractivity contribution in [2.45, 2.75) is 39.2 Å². The molecule has 1 aromatic heterocycles. The van der Waals surface area contributed by atoms with E-state index in [1.807, 2.05) is 13.8 Å². The predicted molar refractivity (Wildman–Crippen MR) is 109 cm³/mol. The molecule has 2 aromatic rings. The van der Waals surface area contributed by atoms with Gasteiger partial charge in [0.15, 0.2) is 0 Å². The Kier molecular flexibility index (Phi) is 6.98. The van der Waals surface area contributed by atoms with Crippen molar-refractivity contribution < 1.29 is 27.9 Å². The van der Waals surface area contributed by atoms with Crippen LogP contribution in [-0.2, 0) is 4.79 Å². The highest BCUT2D eigenvalue weighted by Crippen LogP contribution is 2.33. The van der Waals surface area contributed by atoms with Gasteiger partial charge >= 0.3 is 5.97 Å². The number of oxazole rings is 1. The molecular weight excluding hydrogens is 410 g/mol. The number of amides is 1. The van der Waals surface area contributed by atoms with E-state index >= 15 is 0 Å². The Morgan fingerprint density at radius 1 is 1.13 bits per heavy atom. The van der Waals surface area contributed by atoms with Crippen LogP contribution in [0.5, 0.6) is 0 Å². The summed E-state index contributed by atoms with van der Waals surface area (Å²) in [6, 6.07) is 2.90. The van der Waals surface area contributed by atoms with Gasteiger partial charge in [-0.3, -0.25) is 4.79 Å².